The van der Waals surface area contributed by atoms with E-state index in [-0.39, 0.29) is 0 Å². The molecule has 316 valence electrons. The lowest BCUT2D eigenvalue weighted by Gasteiger charge is -2.57. The van der Waals surface area contributed by atoms with E-state index >= 15 is 0 Å². The third-order valence-electron chi connectivity index (χ3n) is 18.7. The van der Waals surface area contributed by atoms with E-state index in [0.29, 0.717) is 22.2 Å². The van der Waals surface area contributed by atoms with Crippen molar-refractivity contribution >= 4 is 0 Å². The van der Waals surface area contributed by atoms with Gasteiger partial charge in [-0.15, -0.1) is 0 Å². The summed E-state index contributed by atoms with van der Waals surface area (Å²) in [7, 11) is 0. The fourth-order valence-electron chi connectivity index (χ4n) is 17.0. The number of benzene rings is 6. The van der Waals surface area contributed by atoms with Crippen molar-refractivity contribution in [3.8, 4) is 62.5 Å². The van der Waals surface area contributed by atoms with Gasteiger partial charge in [-0.1, -0.05) is 115 Å². The van der Waals surface area contributed by atoms with Crippen molar-refractivity contribution in [2.75, 3.05) is 0 Å². The Bertz CT molecular complexity index is 2960. The molecule has 0 amide bonds. The fourth-order valence-corrected chi connectivity index (χ4v) is 17.0. The van der Waals surface area contributed by atoms with Crippen LogP contribution in [0.2, 0.25) is 0 Å². The van der Waals surface area contributed by atoms with Gasteiger partial charge in [0.25, 0.3) is 0 Å². The highest BCUT2D eigenvalue weighted by Crippen LogP contribution is 2.64. The molecule has 0 aliphatic heterocycles. The van der Waals surface area contributed by atoms with Gasteiger partial charge in [0, 0.05) is 16.7 Å². The van der Waals surface area contributed by atoms with Crippen LogP contribution in [0.1, 0.15) is 116 Å². The number of rotatable bonds is 5. The van der Waals surface area contributed by atoms with E-state index in [0.717, 1.165) is 75.0 Å². The van der Waals surface area contributed by atoms with Gasteiger partial charge in [0.1, 0.15) is 0 Å². The SMILES string of the molecule is N#Cc1ccc2c(c1)-c1ccc(-c3nc(-c4ccc(C56CC7CC(CC(C7)C5)C6)cc4)nc(-c4ccc(C56CC7CC(CC(C7)C5)C6)cc4)n3)cc1C21c2ccccc2-c2ccccc21. The Labute approximate surface area is 382 Å². The first-order valence-electron chi connectivity index (χ1n) is 24.8. The molecule has 0 N–H and O–H groups in total. The van der Waals surface area contributed by atoms with Crippen molar-refractivity contribution in [3.05, 3.63) is 172 Å². The van der Waals surface area contributed by atoms with Gasteiger partial charge in [-0.05, 0) is 197 Å². The van der Waals surface area contributed by atoms with Gasteiger partial charge in [0.15, 0.2) is 17.5 Å². The molecule has 10 aliphatic carbocycles. The molecular weight excluding hydrogens is 789 g/mol. The van der Waals surface area contributed by atoms with E-state index in [1.54, 1.807) is 0 Å². The van der Waals surface area contributed by atoms with Gasteiger partial charge < -0.3 is 0 Å². The highest BCUT2D eigenvalue weighted by molar-refractivity contribution is 5.96. The molecule has 7 aromatic rings. The Hall–Kier alpha value is -6.18. The lowest BCUT2D eigenvalue weighted by Crippen LogP contribution is -2.48. The lowest BCUT2D eigenvalue weighted by molar-refractivity contribution is -0.00530. The molecule has 8 saturated carbocycles. The first kappa shape index (κ1) is 37.1. The van der Waals surface area contributed by atoms with Crippen LogP contribution in [0.25, 0.3) is 56.4 Å². The fraction of sp³-hybridized carbons (Fsp3) is 0.344. The molecule has 1 heterocycles. The molecular formula is C61H52N4. The largest absolute Gasteiger partial charge is 0.208 e. The van der Waals surface area contributed by atoms with Crippen LogP contribution in [0.15, 0.2) is 133 Å². The zero-order valence-electron chi connectivity index (χ0n) is 36.9. The quantitative estimate of drug-likeness (QED) is 0.173. The Kier molecular flexibility index (Phi) is 7.54. The van der Waals surface area contributed by atoms with Crippen LogP contribution >= 0.6 is 0 Å². The predicted octanol–water partition coefficient (Wildman–Crippen LogP) is 14.0. The molecule has 10 aliphatic rings. The maximum absolute atomic E-state index is 10.1. The molecule has 0 saturated heterocycles. The monoisotopic (exact) mass is 840 g/mol. The van der Waals surface area contributed by atoms with Gasteiger partial charge in [-0.25, -0.2) is 15.0 Å². The van der Waals surface area contributed by atoms with Crippen molar-refractivity contribution in [2.24, 2.45) is 35.5 Å². The number of nitrogens with zero attached hydrogens (tertiary/aromatic N) is 4. The van der Waals surface area contributed by atoms with E-state index in [4.69, 9.17) is 15.0 Å². The number of hydrogen-bond acceptors (Lipinski definition) is 4. The average molecular weight is 841 g/mol. The molecule has 1 aromatic heterocycles. The molecule has 0 radical (unpaired) electrons. The average Bonchev–Trinajstić information content (AvgIpc) is 3.80. The third-order valence-corrected chi connectivity index (χ3v) is 18.7. The van der Waals surface area contributed by atoms with Crippen LogP contribution in [-0.2, 0) is 16.2 Å². The molecule has 6 aromatic carbocycles. The first-order chi connectivity index (χ1) is 31.9. The highest BCUT2D eigenvalue weighted by Gasteiger charge is 2.54. The van der Waals surface area contributed by atoms with E-state index in [2.05, 4.69) is 133 Å². The van der Waals surface area contributed by atoms with Gasteiger partial charge in [0.05, 0.1) is 17.0 Å². The van der Waals surface area contributed by atoms with Gasteiger partial charge in [0.2, 0.25) is 0 Å². The van der Waals surface area contributed by atoms with Crippen LogP contribution in [0.5, 0.6) is 0 Å². The molecule has 17 rings (SSSR count). The van der Waals surface area contributed by atoms with Crippen molar-refractivity contribution in [3.63, 3.8) is 0 Å². The minimum atomic E-state index is -0.541. The molecule has 8 bridgehead atoms. The maximum atomic E-state index is 10.1. The third kappa shape index (κ3) is 5.22. The number of aromatic nitrogens is 3. The van der Waals surface area contributed by atoms with E-state index in [9.17, 15) is 5.26 Å². The Morgan fingerprint density at radius 1 is 0.385 bits per heavy atom. The standard InChI is InChI=1S/C61H52N4/c62-35-36-9-20-54-51(27-36)50-19-14-45(28-55(50)61(54)52-7-3-1-5-48(52)49-6-2-4-8-53(49)61)58-64-56(43-10-15-46(16-11-43)59-29-37-21-38(30-59)23-39(22-37)31-59)63-57(65-58)44-12-17-47(18-13-44)60-32-40-24-41(33-60)26-42(25-40)34-60/h1-20,27-28,37-42H,21-26,29-34H2. The second-order valence-corrected chi connectivity index (χ2v) is 22.3. The van der Waals surface area contributed by atoms with Crippen LogP contribution in [-0.4, -0.2) is 15.0 Å². The number of fused-ring (bicyclic) bond motifs is 10. The van der Waals surface area contributed by atoms with Gasteiger partial charge in [-0.3, -0.25) is 0 Å². The smallest absolute Gasteiger partial charge is 0.164 e. The summed E-state index contributed by atoms with van der Waals surface area (Å²) in [6.45, 7) is 0. The zero-order valence-corrected chi connectivity index (χ0v) is 36.9. The summed E-state index contributed by atoms with van der Waals surface area (Å²) >= 11 is 0. The van der Waals surface area contributed by atoms with Crippen molar-refractivity contribution < 1.29 is 0 Å². The van der Waals surface area contributed by atoms with Crippen molar-refractivity contribution in [1.29, 1.82) is 5.26 Å². The molecule has 4 heteroatoms. The van der Waals surface area contributed by atoms with E-state index in [1.165, 1.54) is 122 Å². The zero-order chi connectivity index (χ0) is 42.6. The van der Waals surface area contributed by atoms with Crippen LogP contribution in [0.4, 0.5) is 0 Å². The Balaban J connectivity index is 0.883. The summed E-state index contributed by atoms with van der Waals surface area (Å²) in [5.41, 5.74) is 16.7. The molecule has 1 spiro atoms. The topological polar surface area (TPSA) is 62.5 Å². The second-order valence-electron chi connectivity index (χ2n) is 22.3. The molecule has 4 nitrogen and oxygen atoms in total. The molecule has 0 unspecified atom stereocenters. The predicted molar refractivity (Wildman–Crippen MR) is 257 cm³/mol. The molecule has 0 atom stereocenters. The number of hydrogen-bond donors (Lipinski definition) is 0. The number of nitriles is 1. The maximum Gasteiger partial charge on any atom is 0.164 e. The van der Waals surface area contributed by atoms with Crippen molar-refractivity contribution in [1.82, 2.24) is 15.0 Å². The van der Waals surface area contributed by atoms with E-state index in [1.807, 2.05) is 6.07 Å². The van der Waals surface area contributed by atoms with Crippen LogP contribution in [0.3, 0.4) is 0 Å². The van der Waals surface area contributed by atoms with Crippen LogP contribution < -0.4 is 0 Å². The summed E-state index contributed by atoms with van der Waals surface area (Å²) in [4.78, 5) is 16.2. The summed E-state index contributed by atoms with van der Waals surface area (Å²) in [5.74, 6) is 7.56. The summed E-state index contributed by atoms with van der Waals surface area (Å²) in [5, 5.41) is 10.1. The Morgan fingerprint density at radius 3 is 1.25 bits per heavy atom. The van der Waals surface area contributed by atoms with Crippen LogP contribution in [0, 0.1) is 46.8 Å². The highest BCUT2D eigenvalue weighted by atomic mass is 15.0. The summed E-state index contributed by atoms with van der Waals surface area (Å²) < 4.78 is 0. The van der Waals surface area contributed by atoms with Gasteiger partial charge in [-0.2, -0.15) is 5.26 Å². The molecule has 8 fully saturated rings. The first-order valence-corrected chi connectivity index (χ1v) is 24.8. The minimum Gasteiger partial charge on any atom is -0.208 e. The van der Waals surface area contributed by atoms with Crippen molar-refractivity contribution in [2.45, 2.75) is 93.3 Å². The molecule has 65 heavy (non-hydrogen) atoms. The lowest BCUT2D eigenvalue weighted by atomic mass is 9.48. The Morgan fingerprint density at radius 2 is 0.785 bits per heavy atom. The summed E-state index contributed by atoms with van der Waals surface area (Å²) in [6, 6.07) is 52.2. The van der Waals surface area contributed by atoms with Gasteiger partial charge >= 0.3 is 0 Å². The normalized spacial score (nSPS) is 29.6. The minimum absolute atomic E-state index is 0.338. The van der Waals surface area contributed by atoms with E-state index < -0.39 is 5.41 Å². The summed E-state index contributed by atoms with van der Waals surface area (Å²) in [6.07, 6.45) is 16.8. The second kappa shape index (κ2) is 13.2.